The van der Waals surface area contributed by atoms with E-state index < -0.39 is 6.10 Å². The van der Waals surface area contributed by atoms with Gasteiger partial charge in [-0.25, -0.2) is 0 Å². The van der Waals surface area contributed by atoms with Crippen molar-refractivity contribution in [1.29, 1.82) is 0 Å². The van der Waals surface area contributed by atoms with Crippen molar-refractivity contribution < 1.29 is 9.84 Å². The second-order valence-electron chi connectivity index (χ2n) is 9.97. The fourth-order valence-corrected chi connectivity index (χ4v) is 5.75. The van der Waals surface area contributed by atoms with Crippen LogP contribution < -0.4 is 9.64 Å². The lowest BCUT2D eigenvalue weighted by Gasteiger charge is -2.48. The Morgan fingerprint density at radius 3 is 2.63 bits per heavy atom. The van der Waals surface area contributed by atoms with Gasteiger partial charge in [0.25, 0.3) is 0 Å². The summed E-state index contributed by atoms with van der Waals surface area (Å²) in [6.07, 6.45) is 8.20. The molecule has 4 aromatic rings. The van der Waals surface area contributed by atoms with Crippen molar-refractivity contribution in [2.75, 3.05) is 31.1 Å². The van der Waals surface area contributed by atoms with Gasteiger partial charge in [-0.3, -0.25) is 4.90 Å². The molecule has 5 heteroatoms. The standard InChI is InChI=1S/C30H33N3O2/c1-31-16-15-28-29(31)11-6-12-30(28)35-21-27(34)20-32-18-26-10-5-4-9-25(32)19-33(26)24-14-13-22-7-2-3-8-23(22)17-24/h2-8,11-17,25-27,34H,9-10,18-21H2,1H3/b5-4-/t25-,26-,27-/m0/s1. The lowest BCUT2D eigenvalue weighted by atomic mass is 9.96. The summed E-state index contributed by atoms with van der Waals surface area (Å²) in [4.78, 5) is 5.05. The first-order valence-corrected chi connectivity index (χ1v) is 12.6. The molecular weight excluding hydrogens is 434 g/mol. The van der Waals surface area contributed by atoms with E-state index in [4.69, 9.17) is 4.74 Å². The molecule has 0 unspecified atom stereocenters. The Kier molecular flexibility index (Phi) is 5.96. The average Bonchev–Trinajstić information content (AvgIpc) is 3.24. The molecule has 4 heterocycles. The molecule has 180 valence electrons. The van der Waals surface area contributed by atoms with Crippen molar-refractivity contribution in [2.24, 2.45) is 7.05 Å². The maximum Gasteiger partial charge on any atom is 0.128 e. The van der Waals surface area contributed by atoms with Crippen molar-refractivity contribution in [3.8, 4) is 5.75 Å². The molecule has 5 nitrogen and oxygen atoms in total. The highest BCUT2D eigenvalue weighted by Crippen LogP contribution is 2.31. The van der Waals surface area contributed by atoms with Gasteiger partial charge in [0, 0.05) is 56.0 Å². The number of hydrogen-bond acceptors (Lipinski definition) is 4. The summed E-state index contributed by atoms with van der Waals surface area (Å²) in [6.45, 7) is 2.86. The van der Waals surface area contributed by atoms with Crippen LogP contribution in [-0.2, 0) is 7.05 Å². The summed E-state index contributed by atoms with van der Waals surface area (Å²) < 4.78 is 8.18. The maximum atomic E-state index is 10.9. The first-order chi connectivity index (χ1) is 17.2. The fourth-order valence-electron chi connectivity index (χ4n) is 5.75. The summed E-state index contributed by atoms with van der Waals surface area (Å²) in [5.74, 6) is 0.835. The number of rotatable bonds is 6. The molecule has 3 aromatic carbocycles. The molecule has 3 aliphatic heterocycles. The van der Waals surface area contributed by atoms with Crippen molar-refractivity contribution in [1.82, 2.24) is 9.47 Å². The third kappa shape index (κ3) is 4.42. The second-order valence-corrected chi connectivity index (χ2v) is 9.97. The van der Waals surface area contributed by atoms with E-state index in [9.17, 15) is 5.11 Å². The van der Waals surface area contributed by atoms with Crippen molar-refractivity contribution in [3.63, 3.8) is 0 Å². The van der Waals surface area contributed by atoms with Gasteiger partial charge in [0.15, 0.2) is 0 Å². The van der Waals surface area contributed by atoms with Crippen LogP contribution in [-0.4, -0.2) is 59.0 Å². The van der Waals surface area contributed by atoms with Crippen LogP contribution >= 0.6 is 0 Å². The number of hydrogen-bond donors (Lipinski definition) is 1. The van der Waals surface area contributed by atoms with Gasteiger partial charge in [0.1, 0.15) is 18.5 Å². The predicted molar refractivity (Wildman–Crippen MR) is 143 cm³/mol. The first kappa shape index (κ1) is 22.2. The van der Waals surface area contributed by atoms with Crippen LogP contribution in [0.5, 0.6) is 5.75 Å². The summed E-state index contributed by atoms with van der Waals surface area (Å²) in [5, 5.41) is 14.6. The third-order valence-electron chi connectivity index (χ3n) is 7.62. The molecule has 1 saturated heterocycles. The topological polar surface area (TPSA) is 40.9 Å². The summed E-state index contributed by atoms with van der Waals surface area (Å²) in [5.41, 5.74) is 2.44. The second kappa shape index (κ2) is 9.40. The Labute approximate surface area is 206 Å². The molecule has 3 aliphatic rings. The van der Waals surface area contributed by atoms with Crippen LogP contribution in [0.4, 0.5) is 5.69 Å². The van der Waals surface area contributed by atoms with E-state index in [0.29, 0.717) is 25.2 Å². The predicted octanol–water partition coefficient (Wildman–Crippen LogP) is 4.98. The minimum atomic E-state index is -0.534. The quantitative estimate of drug-likeness (QED) is 0.406. The Morgan fingerprint density at radius 1 is 0.914 bits per heavy atom. The van der Waals surface area contributed by atoms with E-state index in [-0.39, 0.29) is 0 Å². The Balaban J connectivity index is 1.14. The molecule has 1 fully saturated rings. The largest absolute Gasteiger partial charge is 0.490 e. The number of nitrogens with zero attached hydrogens (tertiary/aromatic N) is 3. The summed E-state index contributed by atoms with van der Waals surface area (Å²) in [6, 6.07) is 24.3. The van der Waals surface area contributed by atoms with Crippen LogP contribution in [0.15, 0.2) is 85.1 Å². The maximum absolute atomic E-state index is 10.9. The Bertz CT molecular complexity index is 1360. The molecule has 1 N–H and O–H groups in total. The highest BCUT2D eigenvalue weighted by atomic mass is 16.5. The Morgan fingerprint density at radius 2 is 1.74 bits per heavy atom. The van der Waals surface area contributed by atoms with Gasteiger partial charge >= 0.3 is 0 Å². The summed E-state index contributed by atoms with van der Waals surface area (Å²) >= 11 is 0. The average molecular weight is 468 g/mol. The van der Waals surface area contributed by atoms with Crippen LogP contribution in [0.3, 0.4) is 0 Å². The van der Waals surface area contributed by atoms with Gasteiger partial charge < -0.3 is 19.3 Å². The molecule has 0 spiro atoms. The molecule has 35 heavy (non-hydrogen) atoms. The molecule has 0 saturated carbocycles. The first-order valence-electron chi connectivity index (χ1n) is 12.6. The van der Waals surface area contributed by atoms with E-state index in [1.54, 1.807) is 0 Å². The van der Waals surface area contributed by atoms with Gasteiger partial charge in [-0.05, 0) is 53.9 Å². The number of aromatic nitrogens is 1. The van der Waals surface area contributed by atoms with Crippen molar-refractivity contribution in [2.45, 2.75) is 31.0 Å². The van der Waals surface area contributed by atoms with Crippen LogP contribution in [0.25, 0.3) is 21.7 Å². The smallest absolute Gasteiger partial charge is 0.128 e. The number of benzene rings is 3. The van der Waals surface area contributed by atoms with Crippen molar-refractivity contribution in [3.05, 3.63) is 85.1 Å². The fraction of sp³-hybridized carbons (Fsp3) is 0.333. The zero-order valence-corrected chi connectivity index (χ0v) is 20.3. The molecule has 2 bridgehead atoms. The van der Waals surface area contributed by atoms with Gasteiger partial charge in [-0.2, -0.15) is 0 Å². The SMILES string of the molecule is Cn1ccc2c(OC[C@@H](O)CN3C[C@@H]4C/C=C\C[C@H]3CN4c3ccc4ccccc4c3)cccc21. The summed E-state index contributed by atoms with van der Waals surface area (Å²) in [7, 11) is 2.04. The molecule has 1 aromatic heterocycles. The minimum absolute atomic E-state index is 0.298. The van der Waals surface area contributed by atoms with Crippen LogP contribution in [0.1, 0.15) is 12.8 Å². The number of aliphatic hydroxyl groups excluding tert-OH is 1. The van der Waals surface area contributed by atoms with Crippen LogP contribution in [0.2, 0.25) is 0 Å². The molecule has 0 amide bonds. The van der Waals surface area contributed by atoms with E-state index in [1.165, 1.54) is 16.5 Å². The van der Waals surface area contributed by atoms with Gasteiger partial charge in [-0.15, -0.1) is 0 Å². The van der Waals surface area contributed by atoms with E-state index in [1.807, 2.05) is 25.4 Å². The van der Waals surface area contributed by atoms with Crippen molar-refractivity contribution >= 4 is 27.4 Å². The van der Waals surface area contributed by atoms with Gasteiger partial charge in [0.2, 0.25) is 0 Å². The highest BCUT2D eigenvalue weighted by molar-refractivity contribution is 5.87. The highest BCUT2D eigenvalue weighted by Gasteiger charge is 2.35. The Hall–Kier alpha value is -3.28. The van der Waals surface area contributed by atoms with Gasteiger partial charge in [0.05, 0.1) is 5.52 Å². The molecule has 7 rings (SSSR count). The lowest BCUT2D eigenvalue weighted by molar-refractivity contribution is 0.0409. The molecule has 3 atom stereocenters. The van der Waals surface area contributed by atoms with E-state index in [0.717, 1.165) is 42.6 Å². The lowest BCUT2D eigenvalue weighted by Crippen LogP contribution is -2.60. The van der Waals surface area contributed by atoms with Gasteiger partial charge in [-0.1, -0.05) is 48.6 Å². The molecular formula is C30H33N3O2. The minimum Gasteiger partial charge on any atom is -0.490 e. The zero-order chi connectivity index (χ0) is 23.8. The number of aryl methyl sites for hydroxylation is 1. The van der Waals surface area contributed by atoms with E-state index >= 15 is 0 Å². The molecule has 0 aliphatic carbocycles. The number of ether oxygens (including phenoxy) is 1. The number of anilines is 1. The number of piperazine rings is 1. The normalized spacial score (nSPS) is 22.3. The van der Waals surface area contributed by atoms with E-state index in [2.05, 4.69) is 81.1 Å². The number of aliphatic hydroxyl groups is 1. The number of fused-ring (bicyclic) bond motifs is 6. The third-order valence-corrected chi connectivity index (χ3v) is 7.62. The van der Waals surface area contributed by atoms with Crippen LogP contribution in [0, 0.1) is 0 Å². The monoisotopic (exact) mass is 467 g/mol. The zero-order valence-electron chi connectivity index (χ0n) is 20.3. The molecule has 0 radical (unpaired) electrons.